The number of carbonyl (C=O) groups is 1. The normalized spacial score (nSPS) is 10.4. The standard InChI is InChI=1S/C14H13FN2O2/c1-2-3-9-4-6-10(7-5-9)12-11(15)13(14(18)19)17-8-16-12/h4-8H,2-3H2,1H3,(H,18,19). The monoisotopic (exact) mass is 260 g/mol. The molecule has 0 saturated heterocycles. The van der Waals surface area contributed by atoms with Gasteiger partial charge in [0, 0.05) is 5.56 Å². The first-order chi connectivity index (χ1) is 9.13. The first-order valence-electron chi connectivity index (χ1n) is 5.96. The Morgan fingerprint density at radius 1 is 1.26 bits per heavy atom. The van der Waals surface area contributed by atoms with Crippen molar-refractivity contribution in [2.24, 2.45) is 0 Å². The van der Waals surface area contributed by atoms with E-state index < -0.39 is 17.5 Å². The average Bonchev–Trinajstić information content (AvgIpc) is 2.40. The van der Waals surface area contributed by atoms with Gasteiger partial charge in [0.2, 0.25) is 0 Å². The Hall–Kier alpha value is -2.30. The topological polar surface area (TPSA) is 63.1 Å². The van der Waals surface area contributed by atoms with Crippen LogP contribution in [0, 0.1) is 5.82 Å². The number of hydrogen-bond acceptors (Lipinski definition) is 3. The van der Waals surface area contributed by atoms with Gasteiger partial charge in [-0.15, -0.1) is 0 Å². The van der Waals surface area contributed by atoms with Crippen LogP contribution in [0.25, 0.3) is 11.3 Å². The van der Waals surface area contributed by atoms with E-state index in [0.29, 0.717) is 5.56 Å². The van der Waals surface area contributed by atoms with Crippen molar-refractivity contribution in [1.82, 2.24) is 9.97 Å². The predicted octanol–water partition coefficient (Wildman–Crippen LogP) is 2.93. The smallest absolute Gasteiger partial charge is 0.357 e. The number of hydrogen-bond donors (Lipinski definition) is 1. The third-order valence-corrected chi connectivity index (χ3v) is 2.76. The molecule has 4 nitrogen and oxygen atoms in total. The Morgan fingerprint density at radius 2 is 1.95 bits per heavy atom. The predicted molar refractivity (Wildman–Crippen MR) is 68.4 cm³/mol. The molecule has 0 saturated carbocycles. The van der Waals surface area contributed by atoms with Crippen LogP contribution in [0.2, 0.25) is 0 Å². The van der Waals surface area contributed by atoms with Crippen LogP contribution in [0.3, 0.4) is 0 Å². The number of aromatic carboxylic acids is 1. The summed E-state index contributed by atoms with van der Waals surface area (Å²) < 4.78 is 14.0. The molecule has 5 heteroatoms. The number of nitrogens with zero attached hydrogens (tertiary/aromatic N) is 2. The maximum Gasteiger partial charge on any atom is 0.357 e. The number of halogens is 1. The van der Waals surface area contributed by atoms with Crippen molar-refractivity contribution in [3.8, 4) is 11.3 Å². The van der Waals surface area contributed by atoms with Crippen LogP contribution in [0.5, 0.6) is 0 Å². The molecular formula is C14H13FN2O2. The van der Waals surface area contributed by atoms with Crippen molar-refractivity contribution in [2.45, 2.75) is 19.8 Å². The van der Waals surface area contributed by atoms with E-state index in [1.54, 1.807) is 12.1 Å². The van der Waals surface area contributed by atoms with E-state index in [9.17, 15) is 9.18 Å². The highest BCUT2D eigenvalue weighted by Gasteiger charge is 2.17. The minimum Gasteiger partial charge on any atom is -0.476 e. The number of carboxylic acid groups (broad SMARTS) is 1. The Kier molecular flexibility index (Phi) is 3.85. The number of benzene rings is 1. The van der Waals surface area contributed by atoms with Crippen molar-refractivity contribution < 1.29 is 14.3 Å². The lowest BCUT2D eigenvalue weighted by Gasteiger charge is -2.05. The molecule has 0 radical (unpaired) electrons. The molecule has 2 aromatic rings. The summed E-state index contributed by atoms with van der Waals surface area (Å²) >= 11 is 0. The Balaban J connectivity index is 2.41. The quantitative estimate of drug-likeness (QED) is 0.918. The molecule has 0 aliphatic heterocycles. The zero-order valence-corrected chi connectivity index (χ0v) is 10.4. The van der Waals surface area contributed by atoms with Crippen molar-refractivity contribution >= 4 is 5.97 Å². The fraction of sp³-hybridized carbons (Fsp3) is 0.214. The summed E-state index contributed by atoms with van der Waals surface area (Å²) in [5.74, 6) is -2.30. The molecule has 1 heterocycles. The average molecular weight is 260 g/mol. The van der Waals surface area contributed by atoms with Gasteiger partial charge >= 0.3 is 5.97 Å². The van der Waals surface area contributed by atoms with Crippen molar-refractivity contribution in [2.75, 3.05) is 0 Å². The Bertz CT molecular complexity index is 597. The summed E-state index contributed by atoms with van der Waals surface area (Å²) in [6.07, 6.45) is 3.04. The molecule has 0 atom stereocenters. The maximum absolute atomic E-state index is 14.0. The van der Waals surface area contributed by atoms with Gasteiger partial charge in [0.25, 0.3) is 0 Å². The molecule has 0 fully saturated rings. The van der Waals surface area contributed by atoms with Crippen LogP contribution in [0.1, 0.15) is 29.4 Å². The Morgan fingerprint density at radius 3 is 2.53 bits per heavy atom. The molecule has 2 rings (SSSR count). The molecule has 0 bridgehead atoms. The molecule has 1 aromatic heterocycles. The lowest BCUT2D eigenvalue weighted by molar-refractivity contribution is 0.0684. The van der Waals surface area contributed by atoms with Crippen LogP contribution < -0.4 is 0 Å². The molecule has 1 aromatic carbocycles. The minimum atomic E-state index is -1.40. The highest BCUT2D eigenvalue weighted by molar-refractivity contribution is 5.87. The molecular weight excluding hydrogens is 247 g/mol. The van der Waals surface area contributed by atoms with Gasteiger partial charge in [-0.3, -0.25) is 0 Å². The fourth-order valence-electron chi connectivity index (χ4n) is 1.84. The van der Waals surface area contributed by atoms with Gasteiger partial charge in [0.1, 0.15) is 12.0 Å². The zero-order chi connectivity index (χ0) is 13.8. The van der Waals surface area contributed by atoms with E-state index in [4.69, 9.17) is 5.11 Å². The summed E-state index contributed by atoms with van der Waals surface area (Å²) in [7, 11) is 0. The second-order valence-corrected chi connectivity index (χ2v) is 4.14. The van der Waals surface area contributed by atoms with Crippen LogP contribution in [-0.4, -0.2) is 21.0 Å². The van der Waals surface area contributed by atoms with Crippen LogP contribution >= 0.6 is 0 Å². The van der Waals surface area contributed by atoms with E-state index in [2.05, 4.69) is 16.9 Å². The lowest BCUT2D eigenvalue weighted by atomic mass is 10.1. The number of rotatable bonds is 4. The van der Waals surface area contributed by atoms with Gasteiger partial charge in [-0.1, -0.05) is 37.6 Å². The lowest BCUT2D eigenvalue weighted by Crippen LogP contribution is -2.06. The number of aryl methyl sites for hydroxylation is 1. The summed E-state index contributed by atoms with van der Waals surface area (Å²) in [5, 5.41) is 8.82. The van der Waals surface area contributed by atoms with E-state index >= 15 is 0 Å². The van der Waals surface area contributed by atoms with Gasteiger partial charge in [-0.25, -0.2) is 19.2 Å². The van der Waals surface area contributed by atoms with Gasteiger partial charge in [0.15, 0.2) is 11.5 Å². The SMILES string of the molecule is CCCc1ccc(-c2ncnc(C(=O)O)c2F)cc1. The molecule has 1 N–H and O–H groups in total. The summed E-state index contributed by atoms with van der Waals surface area (Å²) in [4.78, 5) is 18.1. The van der Waals surface area contributed by atoms with Gasteiger partial charge < -0.3 is 5.11 Å². The first-order valence-corrected chi connectivity index (χ1v) is 5.96. The number of carboxylic acids is 1. The second-order valence-electron chi connectivity index (χ2n) is 4.14. The van der Waals surface area contributed by atoms with Crippen LogP contribution in [0.4, 0.5) is 4.39 Å². The molecule has 0 amide bonds. The highest BCUT2D eigenvalue weighted by atomic mass is 19.1. The summed E-state index contributed by atoms with van der Waals surface area (Å²) in [5.41, 5.74) is 1.10. The fourth-order valence-corrected chi connectivity index (χ4v) is 1.84. The highest BCUT2D eigenvalue weighted by Crippen LogP contribution is 2.22. The number of aromatic nitrogens is 2. The third kappa shape index (κ3) is 2.76. The van der Waals surface area contributed by atoms with Crippen molar-refractivity contribution in [1.29, 1.82) is 0 Å². The molecule has 0 aliphatic rings. The van der Waals surface area contributed by atoms with E-state index in [0.717, 1.165) is 24.7 Å². The molecule has 0 unspecified atom stereocenters. The molecule has 0 aliphatic carbocycles. The van der Waals surface area contributed by atoms with E-state index in [-0.39, 0.29) is 5.69 Å². The van der Waals surface area contributed by atoms with Crippen molar-refractivity contribution in [3.63, 3.8) is 0 Å². The molecule has 0 spiro atoms. The largest absolute Gasteiger partial charge is 0.476 e. The Labute approximate surface area is 110 Å². The molecule has 19 heavy (non-hydrogen) atoms. The van der Waals surface area contributed by atoms with Gasteiger partial charge in [0.05, 0.1) is 0 Å². The van der Waals surface area contributed by atoms with Crippen LogP contribution in [0.15, 0.2) is 30.6 Å². The molecule has 98 valence electrons. The van der Waals surface area contributed by atoms with Crippen LogP contribution in [-0.2, 0) is 6.42 Å². The summed E-state index contributed by atoms with van der Waals surface area (Å²) in [6.45, 7) is 2.08. The minimum absolute atomic E-state index is 0.00967. The van der Waals surface area contributed by atoms with Gasteiger partial charge in [-0.05, 0) is 12.0 Å². The summed E-state index contributed by atoms with van der Waals surface area (Å²) in [6, 6.07) is 7.26. The third-order valence-electron chi connectivity index (χ3n) is 2.76. The van der Waals surface area contributed by atoms with Crippen molar-refractivity contribution in [3.05, 3.63) is 47.7 Å². The second kappa shape index (κ2) is 5.56. The van der Waals surface area contributed by atoms with Gasteiger partial charge in [-0.2, -0.15) is 0 Å². The zero-order valence-electron chi connectivity index (χ0n) is 10.4. The van der Waals surface area contributed by atoms with E-state index in [1.165, 1.54) is 0 Å². The van der Waals surface area contributed by atoms with E-state index in [1.807, 2.05) is 12.1 Å². The first kappa shape index (κ1) is 13.1. The maximum atomic E-state index is 14.0.